The van der Waals surface area contributed by atoms with Crippen molar-refractivity contribution < 1.29 is 19.1 Å². The van der Waals surface area contributed by atoms with Crippen LogP contribution >= 0.6 is 0 Å². The van der Waals surface area contributed by atoms with E-state index in [1.807, 2.05) is 24.3 Å². The van der Waals surface area contributed by atoms with Gasteiger partial charge in [-0.25, -0.2) is 0 Å². The molecular formula is C21H25N3O4. The smallest absolute Gasteiger partial charge is 0.308 e. The molecule has 0 saturated heterocycles. The molecule has 0 aromatic heterocycles. The van der Waals surface area contributed by atoms with Crippen LogP contribution in [0.2, 0.25) is 0 Å². The van der Waals surface area contributed by atoms with E-state index in [0.717, 1.165) is 36.5 Å². The van der Waals surface area contributed by atoms with Crippen molar-refractivity contribution in [1.82, 2.24) is 5.32 Å². The Balaban J connectivity index is 1.50. The third-order valence-corrected chi connectivity index (χ3v) is 5.12. The molecule has 1 amide bonds. The summed E-state index contributed by atoms with van der Waals surface area (Å²) in [6.07, 6.45) is 2.98. The number of amides is 1. The van der Waals surface area contributed by atoms with Gasteiger partial charge >= 0.3 is 5.97 Å². The van der Waals surface area contributed by atoms with E-state index in [-0.39, 0.29) is 36.3 Å². The predicted octanol–water partition coefficient (Wildman–Crippen LogP) is 2.35. The highest BCUT2D eigenvalue weighted by Gasteiger charge is 2.27. The molecule has 0 unspecified atom stereocenters. The van der Waals surface area contributed by atoms with E-state index in [1.165, 1.54) is 7.11 Å². The molecule has 0 bridgehead atoms. The largest absolute Gasteiger partial charge is 0.484 e. The van der Waals surface area contributed by atoms with Crippen LogP contribution in [0, 0.1) is 11.3 Å². The van der Waals surface area contributed by atoms with Gasteiger partial charge in [0, 0.05) is 11.6 Å². The van der Waals surface area contributed by atoms with Gasteiger partial charge in [-0.3, -0.25) is 15.0 Å². The van der Waals surface area contributed by atoms with Crippen molar-refractivity contribution in [2.24, 2.45) is 11.7 Å². The van der Waals surface area contributed by atoms with Crippen molar-refractivity contribution in [3.63, 3.8) is 0 Å². The lowest BCUT2D eigenvalue weighted by atomic mass is 9.86. The number of amidine groups is 1. The summed E-state index contributed by atoms with van der Waals surface area (Å²) in [6, 6.07) is 11.1. The Morgan fingerprint density at radius 1 is 1.11 bits per heavy atom. The van der Waals surface area contributed by atoms with Crippen molar-refractivity contribution in [2.45, 2.75) is 31.7 Å². The summed E-state index contributed by atoms with van der Waals surface area (Å²) in [5.74, 6) is 0.232. The highest BCUT2D eigenvalue weighted by molar-refractivity contribution is 5.99. The van der Waals surface area contributed by atoms with Crippen LogP contribution in [0.25, 0.3) is 10.8 Å². The van der Waals surface area contributed by atoms with Crippen molar-refractivity contribution in [1.29, 1.82) is 5.41 Å². The molecule has 1 saturated carbocycles. The van der Waals surface area contributed by atoms with Crippen molar-refractivity contribution in [3.8, 4) is 5.75 Å². The second kappa shape index (κ2) is 8.73. The molecule has 28 heavy (non-hydrogen) atoms. The number of carbonyl (C=O) groups is 2. The number of ether oxygens (including phenoxy) is 2. The van der Waals surface area contributed by atoms with E-state index in [0.29, 0.717) is 11.3 Å². The Kier molecular flexibility index (Phi) is 6.13. The van der Waals surface area contributed by atoms with E-state index in [2.05, 4.69) is 5.32 Å². The van der Waals surface area contributed by atoms with Gasteiger partial charge in [-0.05, 0) is 54.7 Å². The predicted molar refractivity (Wildman–Crippen MR) is 106 cm³/mol. The third kappa shape index (κ3) is 4.79. The van der Waals surface area contributed by atoms with Crippen LogP contribution in [0.3, 0.4) is 0 Å². The second-order valence-electron chi connectivity index (χ2n) is 7.07. The zero-order chi connectivity index (χ0) is 20.1. The van der Waals surface area contributed by atoms with Gasteiger partial charge in [0.1, 0.15) is 11.6 Å². The lowest BCUT2D eigenvalue weighted by Gasteiger charge is -2.27. The van der Waals surface area contributed by atoms with Crippen LogP contribution < -0.4 is 15.8 Å². The number of nitrogens with two attached hydrogens (primary N) is 1. The summed E-state index contributed by atoms with van der Waals surface area (Å²) >= 11 is 0. The molecule has 1 aliphatic carbocycles. The number of hydrogen-bond donors (Lipinski definition) is 3. The molecule has 1 aliphatic rings. The minimum Gasteiger partial charge on any atom is -0.484 e. The minimum absolute atomic E-state index is 0.0273. The van der Waals surface area contributed by atoms with Crippen molar-refractivity contribution >= 4 is 28.5 Å². The monoisotopic (exact) mass is 383 g/mol. The van der Waals surface area contributed by atoms with Gasteiger partial charge < -0.3 is 20.5 Å². The van der Waals surface area contributed by atoms with Crippen molar-refractivity contribution in [3.05, 3.63) is 42.0 Å². The average Bonchev–Trinajstić information content (AvgIpc) is 2.71. The van der Waals surface area contributed by atoms with E-state index < -0.39 is 0 Å². The number of benzene rings is 2. The normalized spacial score (nSPS) is 19.0. The van der Waals surface area contributed by atoms with Crippen LogP contribution in [0.5, 0.6) is 5.75 Å². The maximum atomic E-state index is 12.2. The summed E-state index contributed by atoms with van der Waals surface area (Å²) in [6.45, 7) is -0.0615. The first-order chi connectivity index (χ1) is 13.5. The van der Waals surface area contributed by atoms with Gasteiger partial charge in [-0.2, -0.15) is 0 Å². The fourth-order valence-electron chi connectivity index (χ4n) is 3.54. The van der Waals surface area contributed by atoms with E-state index in [4.69, 9.17) is 20.6 Å². The van der Waals surface area contributed by atoms with E-state index in [9.17, 15) is 9.59 Å². The van der Waals surface area contributed by atoms with Crippen LogP contribution in [-0.4, -0.2) is 37.5 Å². The Morgan fingerprint density at radius 2 is 1.79 bits per heavy atom. The fourth-order valence-corrected chi connectivity index (χ4v) is 3.54. The molecule has 2 aromatic rings. The summed E-state index contributed by atoms with van der Waals surface area (Å²) in [4.78, 5) is 23.7. The summed E-state index contributed by atoms with van der Waals surface area (Å²) in [7, 11) is 1.41. The molecule has 4 N–H and O–H groups in total. The molecule has 3 rings (SSSR count). The SMILES string of the molecule is COC(=O)C1CCC(NC(=O)COc2ccc3cc(C(=N)N)ccc3c2)CC1. The Bertz CT molecular complexity index is 888. The van der Waals surface area contributed by atoms with Gasteiger partial charge in [0.15, 0.2) is 6.61 Å². The van der Waals surface area contributed by atoms with Gasteiger partial charge in [0.25, 0.3) is 5.91 Å². The molecule has 0 radical (unpaired) electrons. The highest BCUT2D eigenvalue weighted by Crippen LogP contribution is 2.25. The fraction of sp³-hybridized carbons (Fsp3) is 0.381. The number of nitrogen functional groups attached to an aromatic ring is 1. The summed E-state index contributed by atoms with van der Waals surface area (Å²) < 4.78 is 10.4. The zero-order valence-corrected chi connectivity index (χ0v) is 15.9. The highest BCUT2D eigenvalue weighted by atomic mass is 16.5. The summed E-state index contributed by atoms with van der Waals surface area (Å²) in [5, 5.41) is 12.4. The Hall–Kier alpha value is -3.09. The van der Waals surface area contributed by atoms with Gasteiger partial charge in [-0.15, -0.1) is 0 Å². The van der Waals surface area contributed by atoms with Crippen LogP contribution in [0.1, 0.15) is 31.2 Å². The molecule has 7 heteroatoms. The van der Waals surface area contributed by atoms with Gasteiger partial charge in [-0.1, -0.05) is 18.2 Å². The molecule has 7 nitrogen and oxygen atoms in total. The average molecular weight is 383 g/mol. The second-order valence-corrected chi connectivity index (χ2v) is 7.07. The standard InChI is InChI=1S/C21H25N3O4/c1-27-21(26)13-4-7-17(8-5-13)24-19(25)12-28-18-9-6-14-10-16(20(22)23)3-2-15(14)11-18/h2-3,6,9-11,13,17H,4-5,7-8,12H2,1H3,(H3,22,23)(H,24,25). The third-order valence-electron chi connectivity index (χ3n) is 5.12. The lowest BCUT2D eigenvalue weighted by molar-refractivity contribution is -0.146. The van der Waals surface area contributed by atoms with Crippen molar-refractivity contribution in [2.75, 3.05) is 13.7 Å². The molecule has 148 valence electrons. The first kappa shape index (κ1) is 19.7. The molecule has 2 aromatic carbocycles. The van der Waals surface area contributed by atoms with Crippen LogP contribution in [-0.2, 0) is 14.3 Å². The number of esters is 1. The number of rotatable bonds is 6. The first-order valence-electron chi connectivity index (χ1n) is 9.34. The number of methoxy groups -OCH3 is 1. The van der Waals surface area contributed by atoms with Gasteiger partial charge in [0.2, 0.25) is 0 Å². The number of hydrogen-bond acceptors (Lipinski definition) is 5. The Labute approximate surface area is 163 Å². The minimum atomic E-state index is -0.173. The van der Waals surface area contributed by atoms with E-state index in [1.54, 1.807) is 12.1 Å². The Morgan fingerprint density at radius 3 is 2.46 bits per heavy atom. The quantitative estimate of drug-likeness (QED) is 0.402. The topological polar surface area (TPSA) is 114 Å². The number of nitrogens with one attached hydrogen (secondary N) is 2. The molecular weight excluding hydrogens is 358 g/mol. The maximum absolute atomic E-state index is 12.2. The van der Waals surface area contributed by atoms with Crippen LogP contribution in [0.15, 0.2) is 36.4 Å². The zero-order valence-electron chi connectivity index (χ0n) is 15.9. The molecule has 0 atom stereocenters. The molecule has 0 aliphatic heterocycles. The molecule has 0 spiro atoms. The van der Waals surface area contributed by atoms with Gasteiger partial charge in [0.05, 0.1) is 13.0 Å². The lowest BCUT2D eigenvalue weighted by Crippen LogP contribution is -2.41. The first-order valence-corrected chi connectivity index (χ1v) is 9.34. The molecule has 1 fully saturated rings. The molecule has 0 heterocycles. The maximum Gasteiger partial charge on any atom is 0.308 e. The van der Waals surface area contributed by atoms with Crippen LogP contribution in [0.4, 0.5) is 0 Å². The summed E-state index contributed by atoms with van der Waals surface area (Å²) in [5.41, 5.74) is 6.18. The number of fused-ring (bicyclic) bond motifs is 1. The number of carbonyl (C=O) groups excluding carboxylic acids is 2. The van der Waals surface area contributed by atoms with E-state index >= 15 is 0 Å².